The molecule has 3 aromatic carbocycles. The molecule has 4 aromatic rings. The molecule has 0 fully saturated rings. The van der Waals surface area contributed by atoms with Gasteiger partial charge < -0.3 is 9.84 Å². The molecular weight excluding hydrogens is 602 g/mol. The molecule has 14 heteroatoms. The lowest BCUT2D eigenvalue weighted by atomic mass is 10.0. The second-order valence-electron chi connectivity index (χ2n) is 9.89. The van der Waals surface area contributed by atoms with Gasteiger partial charge in [-0.05, 0) is 46.9 Å². The number of aliphatic carboxylic acids is 1. The van der Waals surface area contributed by atoms with Crippen molar-refractivity contribution in [2.24, 2.45) is 5.92 Å². The molecule has 0 spiro atoms. The van der Waals surface area contributed by atoms with Crippen LogP contribution in [-0.4, -0.2) is 30.5 Å². The van der Waals surface area contributed by atoms with Crippen LogP contribution in [0.3, 0.4) is 0 Å². The van der Waals surface area contributed by atoms with Crippen LogP contribution in [-0.2, 0) is 33.8 Å². The zero-order valence-electron chi connectivity index (χ0n) is 22.5. The number of benzene rings is 3. The van der Waals surface area contributed by atoms with Crippen molar-refractivity contribution in [3.05, 3.63) is 89.6 Å². The maximum atomic E-state index is 13.5. The summed E-state index contributed by atoms with van der Waals surface area (Å²) in [6, 6.07) is 14.3. The first-order chi connectivity index (χ1) is 20.0. The number of rotatable bonds is 9. The summed E-state index contributed by atoms with van der Waals surface area (Å²) in [5.41, 5.74) is -1.97. The lowest BCUT2D eigenvalue weighted by molar-refractivity contribution is -0.142. The number of hydrogen-bond acceptors (Lipinski definition) is 5. The molecule has 1 aromatic heterocycles. The van der Waals surface area contributed by atoms with Crippen molar-refractivity contribution in [3.63, 3.8) is 0 Å². The number of para-hydroxylation sites is 1. The zero-order valence-corrected chi connectivity index (χ0v) is 23.3. The topological polar surface area (TPSA) is 106 Å². The van der Waals surface area contributed by atoms with Gasteiger partial charge in [0.05, 0.1) is 16.0 Å². The van der Waals surface area contributed by atoms with E-state index in [-0.39, 0.29) is 16.9 Å². The van der Waals surface area contributed by atoms with Gasteiger partial charge in [0.25, 0.3) is 0 Å². The van der Waals surface area contributed by atoms with Crippen molar-refractivity contribution in [2.75, 3.05) is 0 Å². The van der Waals surface area contributed by atoms with Gasteiger partial charge >= 0.3 is 18.3 Å². The van der Waals surface area contributed by atoms with Crippen LogP contribution in [0.25, 0.3) is 22.0 Å². The van der Waals surface area contributed by atoms with Crippen molar-refractivity contribution < 1.29 is 49.4 Å². The molecule has 4 rings (SSSR count). The maximum Gasteiger partial charge on any atom is 0.433 e. The van der Waals surface area contributed by atoms with Gasteiger partial charge in [-0.2, -0.15) is 31.1 Å². The van der Waals surface area contributed by atoms with E-state index in [4.69, 9.17) is 4.74 Å². The quantitative estimate of drug-likeness (QED) is 0.196. The Hall–Kier alpha value is -4.17. The first-order valence-electron chi connectivity index (χ1n) is 12.6. The fourth-order valence-electron chi connectivity index (χ4n) is 4.20. The van der Waals surface area contributed by atoms with Gasteiger partial charge in [-0.1, -0.05) is 56.3 Å². The molecule has 1 unspecified atom stereocenters. The zero-order chi connectivity index (χ0) is 31.7. The van der Waals surface area contributed by atoms with E-state index in [1.165, 1.54) is 30.3 Å². The van der Waals surface area contributed by atoms with Crippen LogP contribution in [0.1, 0.15) is 30.7 Å². The number of alkyl halides is 6. The highest BCUT2D eigenvalue weighted by Crippen LogP contribution is 2.40. The Morgan fingerprint density at radius 1 is 0.907 bits per heavy atom. The minimum atomic E-state index is -5.01. The Balaban J connectivity index is 1.54. The molecule has 1 atom stereocenters. The molecule has 7 nitrogen and oxygen atoms in total. The number of aromatic nitrogens is 1. The number of carbonyl (C=O) groups is 1. The van der Waals surface area contributed by atoms with Crippen LogP contribution in [0.2, 0.25) is 0 Å². The number of carboxylic acids is 1. The Labute approximate surface area is 242 Å². The third-order valence-electron chi connectivity index (χ3n) is 6.46. The molecule has 43 heavy (non-hydrogen) atoms. The number of nitrogens with one attached hydrogen (secondary N) is 1. The minimum Gasteiger partial charge on any atom is -0.488 e. The molecule has 0 aliphatic carbocycles. The van der Waals surface area contributed by atoms with Gasteiger partial charge in [-0.25, -0.2) is 13.4 Å². The van der Waals surface area contributed by atoms with Crippen molar-refractivity contribution in [3.8, 4) is 16.9 Å². The summed E-state index contributed by atoms with van der Waals surface area (Å²) in [6.45, 7) is 2.88. The largest absolute Gasteiger partial charge is 0.488 e. The standard InChI is InChI=1S/C29H24F6N2O5S/c1-16(2)25(27(38)39)37-43(40,41)20-12-10-19(11-13-20)18-8-6-17(7-9-18)15-42-23-14-24(29(33,34)35)36-26-21(23)4-3-5-22(26)28(30,31)32/h3-14,16,25,37H,15H2,1-2H3,(H,38,39). The molecule has 0 radical (unpaired) electrons. The molecule has 0 saturated heterocycles. The normalized spacial score (nSPS) is 13.3. The summed E-state index contributed by atoms with van der Waals surface area (Å²) in [7, 11) is -4.11. The predicted octanol–water partition coefficient (Wildman–Crippen LogP) is 6.91. The van der Waals surface area contributed by atoms with Gasteiger partial charge in [-0.15, -0.1) is 0 Å². The molecule has 2 N–H and O–H groups in total. The van der Waals surface area contributed by atoms with Gasteiger partial charge in [0.15, 0.2) is 0 Å². The fraction of sp³-hybridized carbons (Fsp3) is 0.241. The van der Waals surface area contributed by atoms with E-state index in [0.717, 1.165) is 6.07 Å². The van der Waals surface area contributed by atoms with Crippen LogP contribution in [0.15, 0.2) is 77.7 Å². The summed E-state index contributed by atoms with van der Waals surface area (Å²) >= 11 is 0. The highest BCUT2D eigenvalue weighted by atomic mass is 32.2. The molecule has 228 valence electrons. The Morgan fingerprint density at radius 2 is 1.49 bits per heavy atom. The summed E-state index contributed by atoms with van der Waals surface area (Å²) < 4.78 is 114. The Kier molecular flexibility index (Phi) is 8.75. The van der Waals surface area contributed by atoms with Crippen molar-refractivity contribution in [1.29, 1.82) is 0 Å². The number of sulfonamides is 1. The molecular formula is C29H24F6N2O5S. The lowest BCUT2D eigenvalue weighted by Crippen LogP contribution is -2.44. The van der Waals surface area contributed by atoms with E-state index < -0.39 is 62.8 Å². The number of halogens is 6. The van der Waals surface area contributed by atoms with E-state index in [0.29, 0.717) is 28.8 Å². The van der Waals surface area contributed by atoms with Crippen molar-refractivity contribution in [1.82, 2.24) is 9.71 Å². The number of pyridine rings is 1. The molecule has 0 aliphatic rings. The van der Waals surface area contributed by atoms with Crippen molar-refractivity contribution >= 4 is 26.9 Å². The smallest absolute Gasteiger partial charge is 0.433 e. The number of carboxylic acid groups (broad SMARTS) is 1. The Bertz CT molecular complexity index is 1740. The monoisotopic (exact) mass is 626 g/mol. The average Bonchev–Trinajstić information content (AvgIpc) is 2.93. The molecule has 0 bridgehead atoms. The van der Waals surface area contributed by atoms with Crippen LogP contribution in [0.5, 0.6) is 5.75 Å². The first kappa shape index (κ1) is 31.8. The second-order valence-corrected chi connectivity index (χ2v) is 11.6. The van der Waals surface area contributed by atoms with Crippen LogP contribution >= 0.6 is 0 Å². The summed E-state index contributed by atoms with van der Waals surface area (Å²) in [5, 5.41) is 9.05. The lowest BCUT2D eigenvalue weighted by Gasteiger charge is -2.18. The summed E-state index contributed by atoms with van der Waals surface area (Å²) in [6.07, 6.45) is -9.94. The van der Waals surface area contributed by atoms with E-state index in [1.807, 2.05) is 0 Å². The fourth-order valence-corrected chi connectivity index (χ4v) is 5.54. The van der Waals surface area contributed by atoms with Gasteiger partial charge in [0.1, 0.15) is 24.1 Å². The highest BCUT2D eigenvalue weighted by Gasteiger charge is 2.37. The second kappa shape index (κ2) is 11.8. The van der Waals surface area contributed by atoms with Gasteiger partial charge in [0.2, 0.25) is 10.0 Å². The van der Waals surface area contributed by atoms with Crippen LogP contribution in [0.4, 0.5) is 26.3 Å². The molecule has 0 saturated carbocycles. The number of fused-ring (bicyclic) bond motifs is 1. The summed E-state index contributed by atoms with van der Waals surface area (Å²) in [4.78, 5) is 14.5. The molecule has 0 amide bonds. The number of ether oxygens (including phenoxy) is 1. The van der Waals surface area contributed by atoms with E-state index in [2.05, 4.69) is 9.71 Å². The van der Waals surface area contributed by atoms with Crippen LogP contribution in [0, 0.1) is 5.92 Å². The third kappa shape index (κ3) is 7.25. The SMILES string of the molecule is CC(C)C(NS(=O)(=O)c1ccc(-c2ccc(COc3cc(C(F)(F)F)nc4c(C(F)(F)F)cccc34)cc2)cc1)C(=O)O. The average molecular weight is 627 g/mol. The van der Waals surface area contributed by atoms with E-state index in [1.54, 1.807) is 38.1 Å². The third-order valence-corrected chi connectivity index (χ3v) is 7.92. The Morgan fingerprint density at radius 3 is 2.00 bits per heavy atom. The minimum absolute atomic E-state index is 0.135. The van der Waals surface area contributed by atoms with Crippen LogP contribution < -0.4 is 9.46 Å². The highest BCUT2D eigenvalue weighted by molar-refractivity contribution is 7.89. The van der Waals surface area contributed by atoms with E-state index in [9.17, 15) is 44.7 Å². The number of nitrogens with zero attached hydrogens (tertiary/aromatic N) is 1. The summed E-state index contributed by atoms with van der Waals surface area (Å²) in [5.74, 6) is -2.21. The maximum absolute atomic E-state index is 13.5. The van der Waals surface area contributed by atoms with Gasteiger partial charge in [0, 0.05) is 11.5 Å². The van der Waals surface area contributed by atoms with Gasteiger partial charge in [-0.3, -0.25) is 4.79 Å². The van der Waals surface area contributed by atoms with E-state index >= 15 is 0 Å². The van der Waals surface area contributed by atoms with Crippen molar-refractivity contribution in [2.45, 2.75) is 43.7 Å². The first-order valence-corrected chi connectivity index (χ1v) is 14.1. The predicted molar refractivity (Wildman–Crippen MR) is 145 cm³/mol. The number of hydrogen-bond donors (Lipinski definition) is 2. The molecule has 1 heterocycles. The molecule has 0 aliphatic heterocycles.